The average molecular weight is 867 g/mol. The summed E-state index contributed by atoms with van der Waals surface area (Å²) in [6, 6.07) is 4.39. The molecule has 0 aliphatic rings. The molecule has 0 amide bonds. The lowest BCUT2D eigenvalue weighted by Crippen LogP contribution is -2.37. The van der Waals surface area contributed by atoms with Crippen molar-refractivity contribution in [1.82, 2.24) is 0 Å². The molecule has 2 heterocycles. The molecule has 0 fully saturated rings. The standard InChI is InChI=1S/C48H84NO10P/c1-8-10-23-29-43-37-41(4)46(58-43)31-25-20-16-12-14-18-22-27-33-48(51)59-44(39-56-60(52,53)55-35-34-49(5,6)7)38-54-47(50)32-26-21-17-13-11-15-19-24-30-45-40(3)36-42(57-45)28-9-2/h36-37,44H,8-35,38-39H2,1-7H3/p+1. The monoisotopic (exact) mass is 867 g/mol. The van der Waals surface area contributed by atoms with Crippen molar-refractivity contribution in [3.05, 3.63) is 46.3 Å². The first-order valence-electron chi connectivity index (χ1n) is 23.6. The van der Waals surface area contributed by atoms with E-state index < -0.39 is 26.5 Å². The zero-order valence-electron chi connectivity index (χ0n) is 39.0. The summed E-state index contributed by atoms with van der Waals surface area (Å²) in [6.45, 7) is 8.53. The van der Waals surface area contributed by atoms with Crippen LogP contribution in [0.4, 0.5) is 0 Å². The Morgan fingerprint density at radius 2 is 1.08 bits per heavy atom. The SMILES string of the molecule is CCCCCc1cc(C)c(CCCCCCCCCCC(=O)OC(COC(=O)CCCCCCCCCCc2oc(CCC)cc2C)COP(=O)(O)OCC[N+](C)(C)C)o1. The number of furan rings is 2. The number of quaternary nitrogens is 1. The fourth-order valence-corrected chi connectivity index (χ4v) is 7.96. The number of aryl methyl sites for hydroxylation is 6. The Morgan fingerprint density at radius 3 is 1.58 bits per heavy atom. The third kappa shape index (κ3) is 26.8. The number of phosphoric ester groups is 1. The van der Waals surface area contributed by atoms with E-state index in [1.54, 1.807) is 0 Å². The molecule has 11 nitrogen and oxygen atoms in total. The Balaban J connectivity index is 1.62. The third-order valence-corrected chi connectivity index (χ3v) is 11.9. The van der Waals surface area contributed by atoms with Crippen LogP contribution < -0.4 is 0 Å². The van der Waals surface area contributed by atoms with Crippen molar-refractivity contribution in [2.75, 3.05) is 47.5 Å². The van der Waals surface area contributed by atoms with Gasteiger partial charge in [-0.2, -0.15) is 0 Å². The van der Waals surface area contributed by atoms with Crippen molar-refractivity contribution < 1.29 is 50.9 Å². The van der Waals surface area contributed by atoms with Crippen molar-refractivity contribution in [3.63, 3.8) is 0 Å². The Labute approximate surface area is 364 Å². The van der Waals surface area contributed by atoms with Gasteiger partial charge < -0.3 is 27.7 Å². The molecule has 0 saturated carbocycles. The van der Waals surface area contributed by atoms with Crippen molar-refractivity contribution in [3.8, 4) is 0 Å². The Hall–Kier alpha value is -2.43. The van der Waals surface area contributed by atoms with Gasteiger partial charge in [-0.15, -0.1) is 0 Å². The van der Waals surface area contributed by atoms with E-state index in [1.807, 2.05) is 21.1 Å². The fraction of sp³-hybridized carbons (Fsp3) is 0.792. The first-order valence-corrected chi connectivity index (χ1v) is 25.1. The quantitative estimate of drug-likeness (QED) is 0.0301. The number of hydrogen-bond donors (Lipinski definition) is 1. The molecule has 346 valence electrons. The van der Waals surface area contributed by atoms with Gasteiger partial charge in [-0.05, 0) is 75.6 Å². The van der Waals surface area contributed by atoms with E-state index in [1.165, 1.54) is 68.9 Å². The predicted molar refractivity (Wildman–Crippen MR) is 240 cm³/mol. The van der Waals surface area contributed by atoms with Gasteiger partial charge >= 0.3 is 19.8 Å². The van der Waals surface area contributed by atoms with Crippen molar-refractivity contribution in [2.45, 2.75) is 201 Å². The van der Waals surface area contributed by atoms with E-state index in [2.05, 4.69) is 39.8 Å². The molecule has 0 bridgehead atoms. The summed E-state index contributed by atoms with van der Waals surface area (Å²) in [5.74, 6) is 3.67. The minimum Gasteiger partial charge on any atom is -0.466 e. The van der Waals surface area contributed by atoms with Gasteiger partial charge in [-0.1, -0.05) is 104 Å². The van der Waals surface area contributed by atoms with Gasteiger partial charge in [0.1, 0.15) is 42.8 Å². The lowest BCUT2D eigenvalue weighted by molar-refractivity contribution is -0.870. The summed E-state index contributed by atoms with van der Waals surface area (Å²) < 4.78 is 46.6. The molecular weight excluding hydrogens is 781 g/mol. The number of hydrogen-bond acceptors (Lipinski definition) is 9. The number of esters is 2. The first kappa shape index (κ1) is 53.7. The minimum atomic E-state index is -4.40. The second-order valence-electron chi connectivity index (χ2n) is 17.9. The molecule has 0 aliphatic heterocycles. The normalized spacial score (nSPS) is 13.4. The third-order valence-electron chi connectivity index (χ3n) is 10.9. The number of rotatable bonds is 38. The highest BCUT2D eigenvalue weighted by Gasteiger charge is 2.27. The van der Waals surface area contributed by atoms with E-state index in [0.717, 1.165) is 107 Å². The fourth-order valence-electron chi connectivity index (χ4n) is 7.21. The summed E-state index contributed by atoms with van der Waals surface area (Å²) in [5, 5.41) is 0. The van der Waals surface area contributed by atoms with Crippen LogP contribution in [0, 0.1) is 13.8 Å². The molecule has 0 spiro atoms. The van der Waals surface area contributed by atoms with Crippen LogP contribution in [0.1, 0.15) is 189 Å². The molecule has 60 heavy (non-hydrogen) atoms. The highest BCUT2D eigenvalue weighted by molar-refractivity contribution is 7.47. The van der Waals surface area contributed by atoms with Crippen LogP contribution in [-0.4, -0.2) is 74.9 Å². The average Bonchev–Trinajstić information content (AvgIpc) is 3.72. The molecule has 2 rings (SSSR count). The van der Waals surface area contributed by atoms with Crippen LogP contribution in [0.2, 0.25) is 0 Å². The lowest BCUT2D eigenvalue weighted by atomic mass is 10.1. The number of phosphoric acid groups is 1. The van der Waals surface area contributed by atoms with Crippen LogP contribution in [0.15, 0.2) is 21.0 Å². The molecule has 12 heteroatoms. The summed E-state index contributed by atoms with van der Waals surface area (Å²) in [7, 11) is 1.44. The van der Waals surface area contributed by atoms with E-state index in [9.17, 15) is 19.0 Å². The lowest BCUT2D eigenvalue weighted by Gasteiger charge is -2.24. The van der Waals surface area contributed by atoms with Crippen LogP contribution >= 0.6 is 7.82 Å². The van der Waals surface area contributed by atoms with Crippen molar-refractivity contribution >= 4 is 19.8 Å². The zero-order valence-corrected chi connectivity index (χ0v) is 39.9. The van der Waals surface area contributed by atoms with Crippen molar-refractivity contribution in [2.24, 2.45) is 0 Å². The van der Waals surface area contributed by atoms with Gasteiger partial charge in [0, 0.05) is 38.5 Å². The van der Waals surface area contributed by atoms with Crippen LogP contribution in [0.5, 0.6) is 0 Å². The number of unbranched alkanes of at least 4 members (excludes halogenated alkanes) is 16. The maximum Gasteiger partial charge on any atom is 0.472 e. The Morgan fingerprint density at radius 1 is 0.617 bits per heavy atom. The number of carbonyl (C=O) groups is 2. The molecule has 2 unspecified atom stereocenters. The number of ether oxygens (including phenoxy) is 2. The number of carbonyl (C=O) groups excluding carboxylic acids is 2. The van der Waals surface area contributed by atoms with Gasteiger partial charge in [-0.3, -0.25) is 18.6 Å². The molecule has 0 saturated heterocycles. The largest absolute Gasteiger partial charge is 0.472 e. The number of likely N-dealkylation sites (N-methyl/N-ethyl adjacent to an activating group) is 1. The van der Waals surface area contributed by atoms with Gasteiger partial charge in [-0.25, -0.2) is 4.57 Å². The minimum absolute atomic E-state index is 0.0206. The topological polar surface area (TPSA) is 135 Å². The maximum absolute atomic E-state index is 12.8. The molecule has 0 aliphatic carbocycles. The maximum atomic E-state index is 12.8. The second-order valence-corrected chi connectivity index (χ2v) is 19.4. The zero-order chi connectivity index (χ0) is 44.1. The van der Waals surface area contributed by atoms with Crippen LogP contribution in [0.3, 0.4) is 0 Å². The second kappa shape index (κ2) is 31.4. The van der Waals surface area contributed by atoms with E-state index in [-0.39, 0.29) is 32.0 Å². The predicted octanol–water partition coefficient (Wildman–Crippen LogP) is 12.3. The summed E-state index contributed by atoms with van der Waals surface area (Å²) in [5.41, 5.74) is 2.55. The molecule has 2 aromatic heterocycles. The van der Waals surface area contributed by atoms with E-state index >= 15 is 0 Å². The van der Waals surface area contributed by atoms with Crippen LogP contribution in [0.25, 0.3) is 0 Å². The molecule has 2 aromatic rings. The van der Waals surface area contributed by atoms with Crippen LogP contribution in [-0.2, 0) is 58.4 Å². The molecule has 2 atom stereocenters. The summed E-state index contributed by atoms with van der Waals surface area (Å²) in [6.07, 6.45) is 25.2. The smallest absolute Gasteiger partial charge is 0.466 e. The number of nitrogens with zero attached hydrogens (tertiary/aromatic N) is 1. The molecule has 1 N–H and O–H groups in total. The summed E-state index contributed by atoms with van der Waals surface area (Å²) >= 11 is 0. The van der Waals surface area contributed by atoms with Gasteiger partial charge in [0.05, 0.1) is 27.7 Å². The highest BCUT2D eigenvalue weighted by Crippen LogP contribution is 2.43. The summed E-state index contributed by atoms with van der Waals surface area (Å²) in [4.78, 5) is 35.6. The van der Waals surface area contributed by atoms with Gasteiger partial charge in [0.15, 0.2) is 6.10 Å². The van der Waals surface area contributed by atoms with E-state index in [4.69, 9.17) is 27.4 Å². The first-order chi connectivity index (χ1) is 28.7. The van der Waals surface area contributed by atoms with Crippen molar-refractivity contribution in [1.29, 1.82) is 0 Å². The van der Waals surface area contributed by atoms with Gasteiger partial charge in [0.2, 0.25) is 0 Å². The van der Waals surface area contributed by atoms with E-state index in [0.29, 0.717) is 23.9 Å². The highest BCUT2D eigenvalue weighted by atomic mass is 31.2. The molecule has 0 radical (unpaired) electrons. The molecule has 0 aromatic carbocycles. The van der Waals surface area contributed by atoms with Gasteiger partial charge in [0.25, 0.3) is 0 Å². The Kier molecular flexibility index (Phi) is 28.1. The molecular formula is C48H85NO10P+. The Bertz CT molecular complexity index is 1480.